The van der Waals surface area contributed by atoms with E-state index in [2.05, 4.69) is 15.9 Å². The van der Waals surface area contributed by atoms with Crippen molar-refractivity contribution in [2.24, 2.45) is 0 Å². The van der Waals surface area contributed by atoms with Gasteiger partial charge >= 0.3 is 0 Å². The summed E-state index contributed by atoms with van der Waals surface area (Å²) < 4.78 is 0.890. The van der Waals surface area contributed by atoms with Gasteiger partial charge in [-0.05, 0) is 41.4 Å². The maximum Gasteiger partial charge on any atom is 0.204 e. The highest BCUT2D eigenvalue weighted by atomic mass is 79.9. The first kappa shape index (κ1) is 11.0. The quantitative estimate of drug-likeness (QED) is 0.750. The highest BCUT2D eigenvalue weighted by Crippen LogP contribution is 2.28. The molecule has 0 amide bonds. The molecule has 2 heterocycles. The van der Waals surface area contributed by atoms with Gasteiger partial charge in [0.15, 0.2) is 0 Å². The maximum absolute atomic E-state index is 12.1. The van der Waals surface area contributed by atoms with Gasteiger partial charge in [-0.1, -0.05) is 0 Å². The third kappa shape index (κ3) is 2.07. The molecule has 0 fully saturated rings. The van der Waals surface area contributed by atoms with Crippen LogP contribution in [0.3, 0.4) is 0 Å². The Hall–Kier alpha value is -0.450. The van der Waals surface area contributed by atoms with Gasteiger partial charge in [-0.25, -0.2) is 0 Å². The lowest BCUT2D eigenvalue weighted by Crippen LogP contribution is -1.96. The average Bonchev–Trinajstić information content (AvgIpc) is 2.74. The van der Waals surface area contributed by atoms with E-state index in [-0.39, 0.29) is 5.78 Å². The summed E-state index contributed by atoms with van der Waals surface area (Å²) in [5, 5.41) is 3.82. The molecule has 2 aromatic rings. The molecule has 2 rings (SSSR count). The van der Waals surface area contributed by atoms with E-state index in [1.807, 2.05) is 30.7 Å². The Labute approximate surface area is 105 Å². The normalized spacial score (nSPS) is 10.6. The van der Waals surface area contributed by atoms with Gasteiger partial charge < -0.3 is 0 Å². The number of carbonyl (C=O) groups excluding carboxylic acids is 1. The van der Waals surface area contributed by atoms with Gasteiger partial charge in [0, 0.05) is 25.7 Å². The standard InChI is InChI=1S/C11H9BrOS2/c1-6-3-10(15-7(6)2)11(13)8-4-14-5-9(8)12/h3-5H,1-2H3. The fraction of sp³-hybridized carbons (Fsp3) is 0.182. The Kier molecular flexibility index (Phi) is 3.09. The number of ketones is 1. The van der Waals surface area contributed by atoms with Gasteiger partial charge in [-0.3, -0.25) is 4.79 Å². The molecule has 4 heteroatoms. The summed E-state index contributed by atoms with van der Waals surface area (Å²) >= 11 is 6.48. The van der Waals surface area contributed by atoms with Gasteiger partial charge in [-0.15, -0.1) is 11.3 Å². The van der Waals surface area contributed by atoms with E-state index in [4.69, 9.17) is 0 Å². The Morgan fingerprint density at radius 1 is 1.33 bits per heavy atom. The zero-order valence-electron chi connectivity index (χ0n) is 8.33. The lowest BCUT2D eigenvalue weighted by Gasteiger charge is -1.94. The summed E-state index contributed by atoms with van der Waals surface area (Å²) in [7, 11) is 0. The minimum absolute atomic E-state index is 0.115. The van der Waals surface area contributed by atoms with Gasteiger partial charge in [0.2, 0.25) is 5.78 Å². The zero-order valence-corrected chi connectivity index (χ0v) is 11.6. The van der Waals surface area contributed by atoms with Crippen molar-refractivity contribution in [1.82, 2.24) is 0 Å². The molecule has 0 bridgehead atoms. The first-order chi connectivity index (χ1) is 7.09. The van der Waals surface area contributed by atoms with Crippen molar-refractivity contribution in [1.29, 1.82) is 0 Å². The summed E-state index contributed by atoms with van der Waals surface area (Å²) in [6.07, 6.45) is 0. The van der Waals surface area contributed by atoms with Gasteiger partial charge in [0.1, 0.15) is 0 Å². The minimum Gasteiger partial charge on any atom is -0.288 e. The van der Waals surface area contributed by atoms with Crippen LogP contribution in [0.2, 0.25) is 0 Å². The van der Waals surface area contributed by atoms with E-state index >= 15 is 0 Å². The molecule has 0 aliphatic carbocycles. The number of hydrogen-bond acceptors (Lipinski definition) is 3. The lowest BCUT2D eigenvalue weighted by atomic mass is 10.2. The lowest BCUT2D eigenvalue weighted by molar-refractivity contribution is 0.104. The van der Waals surface area contributed by atoms with Crippen LogP contribution in [-0.2, 0) is 0 Å². The molecule has 15 heavy (non-hydrogen) atoms. The third-order valence-corrected chi connectivity index (χ3v) is 5.10. The fourth-order valence-electron chi connectivity index (χ4n) is 1.26. The Morgan fingerprint density at radius 3 is 2.53 bits per heavy atom. The Balaban J connectivity index is 2.41. The third-order valence-electron chi connectivity index (χ3n) is 2.25. The molecular weight excluding hydrogens is 292 g/mol. The van der Waals surface area contributed by atoms with Crippen molar-refractivity contribution in [3.8, 4) is 0 Å². The number of hydrogen-bond donors (Lipinski definition) is 0. The zero-order chi connectivity index (χ0) is 11.0. The summed E-state index contributed by atoms with van der Waals surface area (Å²) in [6.45, 7) is 4.07. The first-order valence-corrected chi connectivity index (χ1v) is 6.98. The highest BCUT2D eigenvalue weighted by molar-refractivity contribution is 9.10. The number of carbonyl (C=O) groups is 1. The van der Waals surface area contributed by atoms with Gasteiger partial charge in [0.25, 0.3) is 0 Å². The van der Waals surface area contributed by atoms with Crippen molar-refractivity contribution in [3.05, 3.63) is 42.2 Å². The van der Waals surface area contributed by atoms with Crippen LogP contribution in [0.1, 0.15) is 25.7 Å². The largest absolute Gasteiger partial charge is 0.288 e. The van der Waals surface area contributed by atoms with E-state index in [0.29, 0.717) is 0 Å². The van der Waals surface area contributed by atoms with E-state index in [0.717, 1.165) is 14.9 Å². The van der Waals surface area contributed by atoms with Crippen LogP contribution in [0.25, 0.3) is 0 Å². The van der Waals surface area contributed by atoms with Crippen LogP contribution in [0, 0.1) is 13.8 Å². The van der Waals surface area contributed by atoms with Crippen molar-refractivity contribution < 1.29 is 4.79 Å². The number of thiophene rings is 2. The van der Waals surface area contributed by atoms with Gasteiger partial charge in [0.05, 0.1) is 4.88 Å². The molecule has 0 aromatic carbocycles. The summed E-state index contributed by atoms with van der Waals surface area (Å²) in [6, 6.07) is 1.96. The summed E-state index contributed by atoms with van der Waals surface area (Å²) in [4.78, 5) is 14.1. The fourth-order valence-corrected chi connectivity index (χ4v) is 3.70. The van der Waals surface area contributed by atoms with Crippen molar-refractivity contribution in [2.75, 3.05) is 0 Å². The van der Waals surface area contributed by atoms with Crippen LogP contribution in [0.5, 0.6) is 0 Å². The second-order valence-electron chi connectivity index (χ2n) is 3.31. The monoisotopic (exact) mass is 300 g/mol. The minimum atomic E-state index is 0.115. The molecule has 0 N–H and O–H groups in total. The summed E-state index contributed by atoms with van der Waals surface area (Å²) in [5.74, 6) is 0.115. The summed E-state index contributed by atoms with van der Waals surface area (Å²) in [5.41, 5.74) is 1.95. The van der Waals surface area contributed by atoms with Crippen LogP contribution in [-0.4, -0.2) is 5.78 Å². The van der Waals surface area contributed by atoms with Crippen LogP contribution < -0.4 is 0 Å². The number of halogens is 1. The average molecular weight is 301 g/mol. The predicted octanol–water partition coefficient (Wildman–Crippen LogP) is 4.42. The van der Waals surface area contributed by atoms with E-state index in [1.165, 1.54) is 21.8 Å². The molecule has 0 saturated carbocycles. The Morgan fingerprint density at radius 2 is 2.07 bits per heavy atom. The van der Waals surface area contributed by atoms with Gasteiger partial charge in [-0.2, -0.15) is 11.3 Å². The maximum atomic E-state index is 12.1. The number of aryl methyl sites for hydroxylation is 2. The number of rotatable bonds is 2. The van der Waals surface area contributed by atoms with E-state index in [1.54, 1.807) is 11.3 Å². The molecule has 0 unspecified atom stereocenters. The van der Waals surface area contributed by atoms with E-state index in [9.17, 15) is 4.79 Å². The van der Waals surface area contributed by atoms with Crippen molar-refractivity contribution >= 4 is 44.4 Å². The first-order valence-electron chi connectivity index (χ1n) is 4.43. The Bertz CT molecular complexity index is 491. The molecule has 0 spiro atoms. The predicted molar refractivity (Wildman–Crippen MR) is 69.2 cm³/mol. The topological polar surface area (TPSA) is 17.1 Å². The van der Waals surface area contributed by atoms with Crippen LogP contribution in [0.15, 0.2) is 21.3 Å². The molecule has 0 aliphatic heterocycles. The molecule has 1 nitrogen and oxygen atoms in total. The molecule has 2 aromatic heterocycles. The second-order valence-corrected chi connectivity index (χ2v) is 6.17. The molecule has 0 aliphatic rings. The molecular formula is C11H9BrOS2. The van der Waals surface area contributed by atoms with E-state index < -0.39 is 0 Å². The molecule has 0 saturated heterocycles. The molecule has 0 radical (unpaired) electrons. The highest BCUT2D eigenvalue weighted by Gasteiger charge is 2.16. The van der Waals surface area contributed by atoms with Crippen molar-refractivity contribution in [2.45, 2.75) is 13.8 Å². The second kappa shape index (κ2) is 4.20. The smallest absolute Gasteiger partial charge is 0.204 e. The van der Waals surface area contributed by atoms with Crippen LogP contribution in [0.4, 0.5) is 0 Å². The molecule has 0 atom stereocenters. The SMILES string of the molecule is Cc1cc(C(=O)c2cscc2Br)sc1C. The van der Waals surface area contributed by atoms with Crippen LogP contribution >= 0.6 is 38.6 Å². The van der Waals surface area contributed by atoms with Crippen molar-refractivity contribution in [3.63, 3.8) is 0 Å². The molecule has 78 valence electrons.